The Kier molecular flexibility index (Phi) is 5.52. The number of carbonyl (C=O) groups is 2. The first-order valence-electron chi connectivity index (χ1n) is 4.26. The van der Waals surface area contributed by atoms with Crippen molar-refractivity contribution in [2.45, 2.75) is 11.7 Å². The van der Waals surface area contributed by atoms with Crippen LogP contribution in [0.4, 0.5) is 4.79 Å². The Balaban J connectivity index is 0.00000112. The minimum atomic E-state index is -0.365. The van der Waals surface area contributed by atoms with Gasteiger partial charge in [0.25, 0.3) is 0 Å². The topological polar surface area (TPSA) is 48.2 Å². The smallest absolute Gasteiger partial charge is 0.585 e. The van der Waals surface area contributed by atoms with Gasteiger partial charge in [-0.2, -0.15) is 0 Å². The van der Waals surface area contributed by atoms with E-state index in [1.165, 1.54) is 0 Å². The van der Waals surface area contributed by atoms with Gasteiger partial charge < -0.3 is 14.9 Å². The van der Waals surface area contributed by atoms with Crippen LogP contribution in [0.1, 0.15) is 5.56 Å². The average Bonchev–Trinajstić information content (AvgIpc) is 2.47. The normalized spacial score (nSPS) is 19.6. The zero-order valence-electron chi connectivity index (χ0n) is 8.34. The zero-order valence-corrected chi connectivity index (χ0v) is 12.3. The molecule has 0 radical (unpaired) electrons. The molecule has 0 spiro atoms. The van der Waals surface area contributed by atoms with E-state index in [0.29, 0.717) is 6.42 Å². The van der Waals surface area contributed by atoms with E-state index >= 15 is 0 Å². The molecule has 72 valence electrons. The molecule has 5 heteroatoms. The second-order valence-electron chi connectivity index (χ2n) is 3.01. The fourth-order valence-corrected chi connectivity index (χ4v) is 2.13. The van der Waals surface area contributed by atoms with E-state index in [4.69, 9.17) is 0 Å². The van der Waals surface area contributed by atoms with Crippen molar-refractivity contribution in [1.82, 2.24) is 0 Å². The maximum Gasteiger partial charge on any atom is 1.00 e. The molecule has 1 atom stereocenters. The molecule has 1 saturated heterocycles. The summed E-state index contributed by atoms with van der Waals surface area (Å²) in [5.74, 6) is -0.302. The van der Waals surface area contributed by atoms with Gasteiger partial charge in [0.1, 0.15) is 5.24 Å². The molecule has 1 fully saturated rings. The number of nitrogens with zero attached hydrogens (tertiary/aromatic N) is 1. The van der Waals surface area contributed by atoms with Crippen LogP contribution >= 0.6 is 11.8 Å². The van der Waals surface area contributed by atoms with E-state index < -0.39 is 0 Å². The van der Waals surface area contributed by atoms with Crippen molar-refractivity contribution >= 4 is 22.9 Å². The minimum Gasteiger partial charge on any atom is -0.585 e. The number of rotatable bonds is 2. The van der Waals surface area contributed by atoms with Gasteiger partial charge in [-0.25, -0.2) is 0 Å². The van der Waals surface area contributed by atoms with E-state index in [1.807, 2.05) is 30.3 Å². The predicted octanol–water partition coefficient (Wildman–Crippen LogP) is -0.631. The summed E-state index contributed by atoms with van der Waals surface area (Å²) < 4.78 is 0. The van der Waals surface area contributed by atoms with E-state index in [-0.39, 0.29) is 67.8 Å². The molecule has 1 aromatic rings. The molecule has 2 amide bonds. The van der Waals surface area contributed by atoms with Crippen LogP contribution in [0, 0.1) is 0 Å². The van der Waals surface area contributed by atoms with Crippen LogP contribution in [0.3, 0.4) is 0 Å². The van der Waals surface area contributed by atoms with Crippen molar-refractivity contribution in [1.29, 1.82) is 0 Å². The molecule has 0 saturated carbocycles. The number of hydrogen-bond acceptors (Lipinski definition) is 3. The summed E-state index contributed by atoms with van der Waals surface area (Å²) in [6, 6.07) is 9.63. The van der Waals surface area contributed by atoms with Gasteiger partial charge in [0.15, 0.2) is 0 Å². The zero-order chi connectivity index (χ0) is 9.97. The van der Waals surface area contributed by atoms with Crippen molar-refractivity contribution in [3.8, 4) is 0 Å². The van der Waals surface area contributed by atoms with Gasteiger partial charge in [0, 0.05) is 0 Å². The molecule has 1 aromatic carbocycles. The number of carbonyl (C=O) groups excluding carboxylic acids is 2. The first-order valence-corrected chi connectivity index (χ1v) is 5.14. The molecule has 0 aromatic heterocycles. The maximum absolute atomic E-state index is 11.2. The molecule has 0 bridgehead atoms. The third kappa shape index (κ3) is 3.69. The third-order valence-corrected chi connectivity index (χ3v) is 2.93. The van der Waals surface area contributed by atoms with Crippen LogP contribution in [-0.4, -0.2) is 16.4 Å². The number of thioether (sulfide) groups is 1. The molecule has 1 aliphatic rings. The van der Waals surface area contributed by atoms with Crippen LogP contribution < -0.4 is 51.4 Å². The Bertz CT molecular complexity index is 369. The van der Waals surface area contributed by atoms with E-state index in [1.54, 1.807) is 0 Å². The van der Waals surface area contributed by atoms with Crippen LogP contribution in [0.5, 0.6) is 0 Å². The molecule has 1 unspecified atom stereocenters. The van der Waals surface area contributed by atoms with E-state index in [2.05, 4.69) is 5.32 Å². The SMILES string of the molecule is O=C1[N-]C(=O)C(Cc2ccccc2)S1.[K+]. The minimum absolute atomic E-state index is 0. The van der Waals surface area contributed by atoms with Gasteiger partial charge in [-0.15, -0.1) is 0 Å². The van der Waals surface area contributed by atoms with E-state index in [0.717, 1.165) is 17.3 Å². The van der Waals surface area contributed by atoms with Crippen molar-refractivity contribution in [3.05, 3.63) is 41.2 Å². The van der Waals surface area contributed by atoms with Crippen LogP contribution in [0.15, 0.2) is 30.3 Å². The van der Waals surface area contributed by atoms with Gasteiger partial charge in [-0.1, -0.05) is 42.1 Å². The van der Waals surface area contributed by atoms with Crippen LogP contribution in [0.25, 0.3) is 5.32 Å². The molecule has 2 rings (SSSR count). The van der Waals surface area contributed by atoms with Crippen LogP contribution in [-0.2, 0) is 11.2 Å². The Labute approximate surface area is 135 Å². The van der Waals surface area contributed by atoms with Crippen molar-refractivity contribution in [2.75, 3.05) is 0 Å². The Hall–Kier alpha value is 0.346. The third-order valence-electron chi connectivity index (χ3n) is 1.98. The van der Waals surface area contributed by atoms with Gasteiger partial charge in [0.05, 0.1) is 11.2 Å². The summed E-state index contributed by atoms with van der Waals surface area (Å²) in [7, 11) is 0. The monoisotopic (exact) mass is 245 g/mol. The van der Waals surface area contributed by atoms with Gasteiger partial charge >= 0.3 is 51.4 Å². The quantitative estimate of drug-likeness (QED) is 0.652. The molecule has 3 nitrogen and oxygen atoms in total. The molecule has 0 N–H and O–H groups in total. The predicted molar refractivity (Wildman–Crippen MR) is 55.3 cm³/mol. The summed E-state index contributed by atoms with van der Waals surface area (Å²) >= 11 is 1.01. The Morgan fingerprint density at radius 2 is 1.87 bits per heavy atom. The molecule has 1 aliphatic heterocycles. The van der Waals surface area contributed by atoms with Gasteiger partial charge in [-0.05, 0) is 12.0 Å². The number of benzene rings is 1. The van der Waals surface area contributed by atoms with E-state index in [9.17, 15) is 9.59 Å². The summed E-state index contributed by atoms with van der Waals surface area (Å²) in [6.45, 7) is 0. The fraction of sp³-hybridized carbons (Fsp3) is 0.200. The Morgan fingerprint density at radius 3 is 2.40 bits per heavy atom. The molecule has 15 heavy (non-hydrogen) atoms. The second-order valence-corrected chi connectivity index (χ2v) is 4.17. The standard InChI is InChI=1S/C10H9NO2S.K/c12-9-8(14-10(13)11-9)6-7-4-2-1-3-5-7;/h1-5,8H,6H2,(H,11,12,13);/q;+1/p-1. The second kappa shape index (κ2) is 6.17. The molecular formula is C10H8KNO2S. The Morgan fingerprint density at radius 1 is 1.20 bits per heavy atom. The first-order chi connectivity index (χ1) is 6.75. The fourth-order valence-electron chi connectivity index (χ4n) is 1.32. The molecule has 1 heterocycles. The molecular weight excluding hydrogens is 237 g/mol. The average molecular weight is 245 g/mol. The van der Waals surface area contributed by atoms with Gasteiger partial charge in [-0.3, -0.25) is 0 Å². The summed E-state index contributed by atoms with van der Waals surface area (Å²) in [5, 5.41) is 2.67. The summed E-state index contributed by atoms with van der Waals surface area (Å²) in [4.78, 5) is 22.0. The largest absolute Gasteiger partial charge is 1.00 e. The van der Waals surface area contributed by atoms with Crippen molar-refractivity contribution in [3.63, 3.8) is 0 Å². The van der Waals surface area contributed by atoms with Crippen molar-refractivity contribution < 1.29 is 61.0 Å². The first kappa shape index (κ1) is 13.4. The van der Waals surface area contributed by atoms with Crippen molar-refractivity contribution in [2.24, 2.45) is 0 Å². The maximum atomic E-state index is 11.2. The van der Waals surface area contributed by atoms with Gasteiger partial charge in [0.2, 0.25) is 0 Å². The number of amides is 2. The summed E-state index contributed by atoms with van der Waals surface area (Å²) in [6.07, 6.45) is 0.583. The molecule has 0 aliphatic carbocycles. The number of hydrogen-bond donors (Lipinski definition) is 0. The van der Waals surface area contributed by atoms with Crippen LogP contribution in [0.2, 0.25) is 0 Å². The summed E-state index contributed by atoms with van der Waals surface area (Å²) in [5.41, 5.74) is 1.06. The number of imide groups is 1.